The molecule has 5 rings (SSSR count). The van der Waals surface area contributed by atoms with Crippen molar-refractivity contribution in [1.29, 1.82) is 0 Å². The summed E-state index contributed by atoms with van der Waals surface area (Å²) in [6.07, 6.45) is -0.0774. The molecule has 1 aromatic heterocycles. The minimum Gasteiger partial charge on any atom is -0.383 e. The lowest BCUT2D eigenvalue weighted by molar-refractivity contribution is -0.128. The van der Waals surface area contributed by atoms with Gasteiger partial charge in [0.2, 0.25) is 0 Å². The van der Waals surface area contributed by atoms with Crippen LogP contribution in [0.1, 0.15) is 22.0 Å². The number of nitrogen functional groups attached to an aromatic ring is 1. The van der Waals surface area contributed by atoms with Crippen molar-refractivity contribution in [2.24, 2.45) is 5.84 Å². The highest BCUT2D eigenvalue weighted by Crippen LogP contribution is 2.26. The van der Waals surface area contributed by atoms with Crippen LogP contribution in [0.2, 0.25) is 0 Å². The zero-order valence-electron chi connectivity index (χ0n) is 21.2. The molecule has 0 aliphatic carbocycles. The van der Waals surface area contributed by atoms with Crippen LogP contribution >= 0.6 is 0 Å². The summed E-state index contributed by atoms with van der Waals surface area (Å²) < 4.78 is 5.40. The quantitative estimate of drug-likeness (QED) is 0.163. The predicted molar refractivity (Wildman–Crippen MR) is 150 cm³/mol. The number of ether oxygens (including phenoxy) is 1. The predicted octanol–water partition coefficient (Wildman–Crippen LogP) is 2.39. The van der Waals surface area contributed by atoms with Gasteiger partial charge in [0.25, 0.3) is 11.8 Å². The van der Waals surface area contributed by atoms with Crippen LogP contribution in [0.5, 0.6) is 0 Å². The lowest BCUT2D eigenvalue weighted by Gasteiger charge is -2.29. The number of fused-ring (bicyclic) bond motifs is 1. The topological polar surface area (TPSA) is 147 Å². The molecule has 2 unspecified atom stereocenters. The summed E-state index contributed by atoms with van der Waals surface area (Å²) in [7, 11) is 0. The van der Waals surface area contributed by atoms with E-state index in [1.807, 2.05) is 18.2 Å². The lowest BCUT2D eigenvalue weighted by atomic mass is 9.99. The van der Waals surface area contributed by atoms with Crippen molar-refractivity contribution in [2.45, 2.75) is 12.1 Å². The minimum absolute atomic E-state index is 0.296. The molecule has 3 aromatic carbocycles. The number of aromatic nitrogens is 1. The summed E-state index contributed by atoms with van der Waals surface area (Å²) in [5.74, 6) is 5.23. The molecule has 4 aromatic rings. The highest BCUT2D eigenvalue weighted by Gasteiger charge is 2.32. The second-order valence-corrected chi connectivity index (χ2v) is 9.26. The molecule has 200 valence electrons. The monoisotopic (exact) mass is 526 g/mol. The van der Waals surface area contributed by atoms with Crippen molar-refractivity contribution in [2.75, 3.05) is 41.9 Å². The van der Waals surface area contributed by atoms with Gasteiger partial charge in [-0.05, 0) is 53.4 Å². The Labute approximate surface area is 225 Å². The maximum absolute atomic E-state index is 13.4. The van der Waals surface area contributed by atoms with Crippen molar-refractivity contribution >= 4 is 39.8 Å². The average Bonchev–Trinajstić information content (AvgIpc) is 2.99. The van der Waals surface area contributed by atoms with Gasteiger partial charge in [0, 0.05) is 35.9 Å². The van der Waals surface area contributed by atoms with Crippen molar-refractivity contribution in [1.82, 2.24) is 10.3 Å². The largest absolute Gasteiger partial charge is 0.383 e. The highest BCUT2D eigenvalue weighted by atomic mass is 16.5. The molecule has 0 radical (unpaired) electrons. The van der Waals surface area contributed by atoms with Crippen LogP contribution in [0.25, 0.3) is 10.8 Å². The molecule has 10 nitrogen and oxygen atoms in total. The van der Waals surface area contributed by atoms with Gasteiger partial charge < -0.3 is 25.8 Å². The van der Waals surface area contributed by atoms with Gasteiger partial charge in [0.05, 0.1) is 24.9 Å². The number of aliphatic hydroxyl groups is 1. The Morgan fingerprint density at radius 2 is 1.72 bits per heavy atom. The number of hydrogen-bond acceptors (Lipinski definition) is 8. The molecule has 2 heterocycles. The Morgan fingerprint density at radius 3 is 2.44 bits per heavy atom. The number of nitrogens with zero attached hydrogens (tertiary/aromatic N) is 3. The second kappa shape index (κ2) is 11.5. The number of rotatable bonds is 7. The number of amides is 2. The van der Waals surface area contributed by atoms with Gasteiger partial charge in [-0.15, -0.1) is 0 Å². The van der Waals surface area contributed by atoms with Crippen molar-refractivity contribution in [3.8, 4) is 0 Å². The Balaban J connectivity index is 1.36. The molecule has 0 spiro atoms. The molecule has 2 amide bonds. The molecular weight excluding hydrogens is 496 g/mol. The third-order valence-electron chi connectivity index (χ3n) is 6.82. The normalized spacial score (nSPS) is 15.0. The van der Waals surface area contributed by atoms with Crippen molar-refractivity contribution in [3.63, 3.8) is 0 Å². The van der Waals surface area contributed by atoms with Crippen LogP contribution in [0.4, 0.5) is 17.2 Å². The molecule has 1 aliphatic heterocycles. The standard InChI is InChI=1S/C29H30N6O4/c30-27-24-18-23(11-6-19(24)12-13-32-27)35(31)29(38)26(36)25(20-4-2-1-3-5-20)33-28(37)21-7-9-22(10-8-21)34-14-16-39-17-15-34/h1-13,18,25-26,36H,14-17,31H2,(H2,30,32)(H,33,37). The molecule has 0 saturated carbocycles. The van der Waals surface area contributed by atoms with Crippen LogP contribution in [0.3, 0.4) is 0 Å². The SMILES string of the molecule is Nc1nccc2ccc(N(N)C(=O)C(O)C(NC(=O)c3ccc(N4CCOCC4)cc3)c3ccccc3)cc12. The first kappa shape index (κ1) is 26.1. The molecule has 2 atom stereocenters. The number of benzene rings is 3. The van der Waals surface area contributed by atoms with E-state index in [0.29, 0.717) is 41.2 Å². The Hall–Kier alpha value is -4.51. The second-order valence-electron chi connectivity index (χ2n) is 9.26. The molecule has 1 saturated heterocycles. The minimum atomic E-state index is -1.67. The van der Waals surface area contributed by atoms with E-state index in [1.165, 1.54) is 0 Å². The van der Waals surface area contributed by atoms with Crippen LogP contribution in [-0.2, 0) is 9.53 Å². The fourth-order valence-electron chi connectivity index (χ4n) is 4.62. The molecule has 1 aliphatic rings. The molecule has 39 heavy (non-hydrogen) atoms. The van der Waals surface area contributed by atoms with E-state index in [1.54, 1.807) is 66.9 Å². The summed E-state index contributed by atoms with van der Waals surface area (Å²) in [6, 6.07) is 21.8. The summed E-state index contributed by atoms with van der Waals surface area (Å²) in [5.41, 5.74) is 8.25. The fraction of sp³-hybridized carbons (Fsp3) is 0.207. The smallest absolute Gasteiger partial charge is 0.272 e. The number of carbonyl (C=O) groups is 2. The number of morpholine rings is 1. The van der Waals surface area contributed by atoms with Crippen molar-refractivity contribution in [3.05, 3.63) is 96.2 Å². The zero-order chi connectivity index (χ0) is 27.4. The third kappa shape index (κ3) is 5.68. The number of hydrogen-bond donors (Lipinski definition) is 4. The summed E-state index contributed by atoms with van der Waals surface area (Å²) in [4.78, 5) is 32.9. The fourth-order valence-corrected chi connectivity index (χ4v) is 4.62. The van der Waals surface area contributed by atoms with E-state index in [2.05, 4.69) is 15.2 Å². The number of pyridine rings is 1. The van der Waals surface area contributed by atoms with Crippen molar-refractivity contribution < 1.29 is 19.4 Å². The van der Waals surface area contributed by atoms with E-state index < -0.39 is 24.0 Å². The summed E-state index contributed by atoms with van der Waals surface area (Å²) >= 11 is 0. The van der Waals surface area contributed by atoms with Gasteiger partial charge in [-0.25, -0.2) is 15.8 Å². The highest BCUT2D eigenvalue weighted by molar-refractivity contribution is 6.01. The third-order valence-corrected chi connectivity index (χ3v) is 6.82. The zero-order valence-corrected chi connectivity index (χ0v) is 21.2. The van der Waals surface area contributed by atoms with Gasteiger partial charge in [-0.2, -0.15) is 0 Å². The maximum Gasteiger partial charge on any atom is 0.272 e. The van der Waals surface area contributed by atoms with Crippen LogP contribution < -0.4 is 26.8 Å². The van der Waals surface area contributed by atoms with Crippen LogP contribution in [-0.4, -0.2) is 54.3 Å². The summed E-state index contributed by atoms with van der Waals surface area (Å²) in [6.45, 7) is 2.89. The van der Waals surface area contributed by atoms with Crippen LogP contribution in [0.15, 0.2) is 85.1 Å². The lowest BCUT2D eigenvalue weighted by Crippen LogP contribution is -2.50. The molecule has 1 fully saturated rings. The molecule has 10 heteroatoms. The van der Waals surface area contributed by atoms with Gasteiger partial charge in [-0.1, -0.05) is 36.4 Å². The first-order chi connectivity index (χ1) is 18.9. The van der Waals surface area contributed by atoms with Gasteiger partial charge in [0.15, 0.2) is 6.10 Å². The molecule has 6 N–H and O–H groups in total. The van der Waals surface area contributed by atoms with Gasteiger partial charge in [0.1, 0.15) is 5.82 Å². The number of aliphatic hydroxyl groups excluding tert-OH is 1. The van der Waals surface area contributed by atoms with E-state index in [-0.39, 0.29) is 0 Å². The van der Waals surface area contributed by atoms with E-state index >= 15 is 0 Å². The van der Waals surface area contributed by atoms with Gasteiger partial charge >= 0.3 is 0 Å². The first-order valence-electron chi connectivity index (χ1n) is 12.6. The number of nitrogens with two attached hydrogens (primary N) is 2. The van der Waals surface area contributed by atoms with Crippen LogP contribution in [0, 0.1) is 0 Å². The number of nitrogens with one attached hydrogen (secondary N) is 1. The first-order valence-corrected chi connectivity index (χ1v) is 12.6. The molecule has 0 bridgehead atoms. The number of carbonyl (C=O) groups excluding carboxylic acids is 2. The van der Waals surface area contributed by atoms with E-state index in [4.69, 9.17) is 16.3 Å². The Bertz CT molecular complexity index is 1460. The Morgan fingerprint density at radius 1 is 1.00 bits per heavy atom. The Kier molecular flexibility index (Phi) is 7.69. The van der Waals surface area contributed by atoms with E-state index in [9.17, 15) is 14.7 Å². The number of hydrazine groups is 1. The summed E-state index contributed by atoms with van der Waals surface area (Å²) in [5, 5.41) is 16.3. The van der Waals surface area contributed by atoms with Gasteiger partial charge in [-0.3, -0.25) is 9.59 Å². The maximum atomic E-state index is 13.4. The average molecular weight is 527 g/mol. The molecular formula is C29H30N6O4. The van der Waals surface area contributed by atoms with E-state index in [0.717, 1.165) is 29.2 Å². The number of anilines is 3.